The van der Waals surface area contributed by atoms with Crippen molar-refractivity contribution in [2.45, 2.75) is 24.2 Å². The minimum absolute atomic E-state index is 0.0533. The smallest absolute Gasteiger partial charge is 0.211 e. The maximum atomic E-state index is 12.4. The summed E-state index contributed by atoms with van der Waals surface area (Å²) in [7, 11) is -3.71. The molecule has 0 radical (unpaired) electrons. The molecule has 1 aliphatic carbocycles. The first-order chi connectivity index (χ1) is 9.85. The average Bonchev–Trinajstić information content (AvgIpc) is 2.82. The summed E-state index contributed by atoms with van der Waals surface area (Å²) in [6, 6.07) is 3.05. The summed E-state index contributed by atoms with van der Waals surface area (Å²) in [6.07, 6.45) is 3.32. The summed E-state index contributed by atoms with van der Waals surface area (Å²) in [5, 5.41) is 1.13. The van der Waals surface area contributed by atoms with Crippen LogP contribution < -0.4 is 4.72 Å². The quantitative estimate of drug-likeness (QED) is 0.614. The third kappa shape index (κ3) is 4.36. The Kier molecular flexibility index (Phi) is 6.43. The second kappa shape index (κ2) is 7.49. The van der Waals surface area contributed by atoms with Crippen molar-refractivity contribution in [3.8, 4) is 0 Å². The van der Waals surface area contributed by atoms with Crippen LogP contribution in [0.2, 0.25) is 10.0 Å². The maximum Gasteiger partial charge on any atom is 0.243 e. The topological polar surface area (TPSA) is 46.2 Å². The predicted octanol–water partition coefficient (Wildman–Crippen LogP) is 4.85. The number of nitrogens with one attached hydrogen (secondary N) is 1. The Hall–Kier alpha value is 0.670. The van der Waals surface area contributed by atoms with Gasteiger partial charge in [-0.25, -0.2) is 13.1 Å². The van der Waals surface area contributed by atoms with E-state index in [9.17, 15) is 8.42 Å². The van der Waals surface area contributed by atoms with Crippen LogP contribution in [-0.4, -0.2) is 20.3 Å². The fraction of sp³-hybridized carbons (Fsp3) is 0.538. The van der Waals surface area contributed by atoms with Crippen molar-refractivity contribution in [1.29, 1.82) is 0 Å². The van der Waals surface area contributed by atoms with Gasteiger partial charge in [0.05, 0.1) is 10.0 Å². The molecule has 118 valence electrons. The molecule has 8 heteroatoms. The summed E-state index contributed by atoms with van der Waals surface area (Å²) < 4.78 is 28.2. The Bertz CT molecular complexity index is 602. The Balaban J connectivity index is 2.16. The van der Waals surface area contributed by atoms with E-state index in [2.05, 4.69) is 36.6 Å². The SMILES string of the molecule is O=S(=O)(NCC1CCCC1CBr)c1c(Cl)cc(Br)cc1Cl. The number of hydrogen-bond donors (Lipinski definition) is 1. The summed E-state index contributed by atoms with van der Waals surface area (Å²) in [6.45, 7) is 0.418. The van der Waals surface area contributed by atoms with Gasteiger partial charge in [-0.1, -0.05) is 61.5 Å². The first kappa shape index (κ1) is 18.0. The predicted molar refractivity (Wildman–Crippen MR) is 94.0 cm³/mol. The molecule has 0 saturated heterocycles. The van der Waals surface area contributed by atoms with Crippen LogP contribution in [0.5, 0.6) is 0 Å². The highest BCUT2D eigenvalue weighted by Crippen LogP contribution is 2.35. The van der Waals surface area contributed by atoms with Gasteiger partial charge in [-0.15, -0.1) is 0 Å². The van der Waals surface area contributed by atoms with Gasteiger partial charge in [-0.3, -0.25) is 0 Å². The fourth-order valence-electron chi connectivity index (χ4n) is 2.66. The van der Waals surface area contributed by atoms with E-state index in [4.69, 9.17) is 23.2 Å². The monoisotopic (exact) mass is 477 g/mol. The van der Waals surface area contributed by atoms with Crippen LogP contribution in [-0.2, 0) is 10.0 Å². The van der Waals surface area contributed by atoms with Crippen LogP contribution in [0, 0.1) is 11.8 Å². The first-order valence-corrected chi connectivity index (χ1v) is 10.7. The van der Waals surface area contributed by atoms with Gasteiger partial charge in [0.2, 0.25) is 10.0 Å². The van der Waals surface area contributed by atoms with Gasteiger partial charge in [0, 0.05) is 16.3 Å². The molecule has 1 N–H and O–H groups in total. The zero-order valence-corrected chi connectivity index (χ0v) is 16.6. The largest absolute Gasteiger partial charge is 0.243 e. The van der Waals surface area contributed by atoms with E-state index in [1.807, 2.05) is 0 Å². The van der Waals surface area contributed by atoms with Crippen LogP contribution in [0.25, 0.3) is 0 Å². The molecule has 0 aromatic heterocycles. The molecule has 3 nitrogen and oxygen atoms in total. The number of rotatable bonds is 5. The number of halogens is 4. The van der Waals surface area contributed by atoms with E-state index < -0.39 is 10.0 Å². The van der Waals surface area contributed by atoms with E-state index in [0.29, 0.717) is 22.9 Å². The summed E-state index contributed by atoms with van der Waals surface area (Å²) >= 11 is 18.8. The molecule has 0 aliphatic heterocycles. The summed E-state index contributed by atoms with van der Waals surface area (Å²) in [4.78, 5) is -0.0533. The first-order valence-electron chi connectivity index (χ1n) is 6.55. The molecule has 1 aromatic rings. The summed E-state index contributed by atoms with van der Waals surface area (Å²) in [5.74, 6) is 0.871. The van der Waals surface area contributed by atoms with Crippen LogP contribution in [0.3, 0.4) is 0 Å². The fourth-order valence-corrected chi connectivity index (χ4v) is 6.54. The van der Waals surface area contributed by atoms with Gasteiger partial charge in [-0.2, -0.15) is 0 Å². The Morgan fingerprint density at radius 2 is 1.76 bits per heavy atom. The Morgan fingerprint density at radius 1 is 1.19 bits per heavy atom. The molecule has 1 aliphatic rings. The number of sulfonamides is 1. The third-order valence-electron chi connectivity index (χ3n) is 3.78. The molecule has 0 amide bonds. The molecular formula is C13H15Br2Cl2NO2S. The van der Waals surface area contributed by atoms with Gasteiger partial charge >= 0.3 is 0 Å². The third-order valence-corrected chi connectivity index (χ3v) is 7.42. The zero-order chi connectivity index (χ0) is 15.6. The van der Waals surface area contributed by atoms with Crippen LogP contribution >= 0.6 is 55.1 Å². The van der Waals surface area contributed by atoms with Crippen molar-refractivity contribution in [1.82, 2.24) is 4.72 Å². The van der Waals surface area contributed by atoms with Crippen LogP contribution in [0.15, 0.2) is 21.5 Å². The molecule has 0 heterocycles. The van der Waals surface area contributed by atoms with Crippen molar-refractivity contribution >= 4 is 65.1 Å². The van der Waals surface area contributed by atoms with Gasteiger partial charge in [-0.05, 0) is 36.8 Å². The molecule has 1 aromatic carbocycles. The summed E-state index contributed by atoms with van der Waals surface area (Å²) in [5.41, 5.74) is 0. The number of benzene rings is 1. The van der Waals surface area contributed by atoms with Gasteiger partial charge in [0.25, 0.3) is 0 Å². The minimum Gasteiger partial charge on any atom is -0.211 e. The lowest BCUT2D eigenvalue weighted by Gasteiger charge is -2.18. The highest BCUT2D eigenvalue weighted by atomic mass is 79.9. The molecule has 2 rings (SSSR count). The molecule has 2 unspecified atom stereocenters. The number of alkyl halides is 1. The Labute approximate surface area is 152 Å². The van der Waals surface area contributed by atoms with Gasteiger partial charge in [0.15, 0.2) is 0 Å². The second-order valence-electron chi connectivity index (χ2n) is 5.16. The highest BCUT2D eigenvalue weighted by Gasteiger charge is 2.29. The normalized spacial score (nSPS) is 22.7. The zero-order valence-electron chi connectivity index (χ0n) is 11.1. The van der Waals surface area contributed by atoms with E-state index >= 15 is 0 Å². The average molecular weight is 480 g/mol. The van der Waals surface area contributed by atoms with Crippen LogP contribution in [0.1, 0.15) is 19.3 Å². The molecule has 0 bridgehead atoms. The molecule has 1 saturated carbocycles. The lowest BCUT2D eigenvalue weighted by Crippen LogP contribution is -2.31. The molecule has 21 heavy (non-hydrogen) atoms. The van der Waals surface area contributed by atoms with Crippen molar-refractivity contribution < 1.29 is 8.42 Å². The minimum atomic E-state index is -3.71. The molecular weight excluding hydrogens is 465 g/mol. The lowest BCUT2D eigenvalue weighted by molar-refractivity contribution is 0.422. The van der Waals surface area contributed by atoms with Crippen molar-refractivity contribution in [2.75, 3.05) is 11.9 Å². The number of hydrogen-bond acceptors (Lipinski definition) is 2. The highest BCUT2D eigenvalue weighted by molar-refractivity contribution is 9.10. The van der Waals surface area contributed by atoms with E-state index in [-0.39, 0.29) is 14.9 Å². The van der Waals surface area contributed by atoms with Crippen molar-refractivity contribution in [3.63, 3.8) is 0 Å². The van der Waals surface area contributed by atoms with E-state index in [0.717, 1.165) is 24.6 Å². The Morgan fingerprint density at radius 3 is 2.33 bits per heavy atom. The van der Waals surface area contributed by atoms with E-state index in [1.54, 1.807) is 0 Å². The van der Waals surface area contributed by atoms with Gasteiger partial charge < -0.3 is 0 Å². The molecule has 1 fully saturated rings. The van der Waals surface area contributed by atoms with E-state index in [1.165, 1.54) is 12.1 Å². The molecule has 2 atom stereocenters. The van der Waals surface area contributed by atoms with Gasteiger partial charge in [0.1, 0.15) is 4.90 Å². The maximum absolute atomic E-state index is 12.4. The van der Waals surface area contributed by atoms with Crippen LogP contribution in [0.4, 0.5) is 0 Å². The van der Waals surface area contributed by atoms with Crippen molar-refractivity contribution in [2.24, 2.45) is 11.8 Å². The lowest BCUT2D eigenvalue weighted by atomic mass is 9.99. The van der Waals surface area contributed by atoms with Crippen molar-refractivity contribution in [3.05, 3.63) is 26.7 Å². The second-order valence-corrected chi connectivity index (χ2v) is 9.24. The molecule has 0 spiro atoms. The standard InChI is InChI=1S/C13H15Br2Cl2NO2S/c14-6-8-2-1-3-9(8)7-18-21(19,20)13-11(16)4-10(15)5-12(13)17/h4-5,8-9,18H,1-3,6-7H2.